The van der Waals surface area contributed by atoms with Gasteiger partial charge in [-0.25, -0.2) is 4.79 Å². The molecule has 0 aromatic heterocycles. The molecule has 0 amide bonds. The molecule has 4 saturated carbocycles. The molecule has 0 aromatic rings. The third kappa shape index (κ3) is 4.09. The van der Waals surface area contributed by atoms with Crippen LogP contribution in [0.3, 0.4) is 0 Å². The average molecular weight is 551 g/mol. The van der Waals surface area contributed by atoms with Gasteiger partial charge in [-0.2, -0.15) is 0 Å². The fraction of sp³-hybridized carbons (Fsp3) is 0.900. The third-order valence-electron chi connectivity index (χ3n) is 12.3. The summed E-state index contributed by atoms with van der Waals surface area (Å²) in [5.74, 6) is 0.260. The number of cyclic esters (lactones) is 1. The molecule has 1 saturated heterocycles. The van der Waals surface area contributed by atoms with Crippen molar-refractivity contribution >= 4 is 5.97 Å². The first kappa shape index (κ1) is 28.1. The predicted octanol–water partition coefficient (Wildman–Crippen LogP) is 2.08. The van der Waals surface area contributed by atoms with Crippen LogP contribution in [-0.2, 0) is 23.7 Å². The van der Waals surface area contributed by atoms with Crippen molar-refractivity contribution in [3.63, 3.8) is 0 Å². The van der Waals surface area contributed by atoms with Crippen LogP contribution in [0.4, 0.5) is 0 Å². The maximum absolute atomic E-state index is 12.4. The molecule has 220 valence electrons. The summed E-state index contributed by atoms with van der Waals surface area (Å²) >= 11 is 0. The van der Waals surface area contributed by atoms with Gasteiger partial charge in [-0.05, 0) is 80.6 Å². The molecule has 6 aliphatic rings. The Morgan fingerprint density at radius 1 is 1.03 bits per heavy atom. The van der Waals surface area contributed by atoms with Gasteiger partial charge in [-0.3, -0.25) is 0 Å². The molecule has 0 radical (unpaired) electrons. The van der Waals surface area contributed by atoms with Gasteiger partial charge in [0, 0.05) is 30.9 Å². The molecule has 5 fully saturated rings. The molecule has 9 nitrogen and oxygen atoms in total. The lowest BCUT2D eigenvalue weighted by Gasteiger charge is -2.63. The molecule has 2 heterocycles. The van der Waals surface area contributed by atoms with Gasteiger partial charge in [0.1, 0.15) is 24.9 Å². The van der Waals surface area contributed by atoms with Crippen LogP contribution in [0.15, 0.2) is 11.6 Å². The van der Waals surface area contributed by atoms with Gasteiger partial charge < -0.3 is 39.4 Å². The van der Waals surface area contributed by atoms with E-state index in [0.29, 0.717) is 18.3 Å². The molecule has 0 aromatic carbocycles. The molecule has 14 atom stereocenters. The van der Waals surface area contributed by atoms with Crippen LogP contribution in [0, 0.1) is 34.5 Å². The standard InChI is InChI=1S/C30H46O9/c1-15-24(33)26(36-4)25(34)27(38-15)39-18-7-9-28(2)17(12-18)5-6-20-19(28)8-10-29(3)23(16-11-22(32)37-14-16)21(31)13-30(20,29)35/h11,15,17-21,23-27,31,33-35H,5-10,12-14H2,1-4H3/t15-,17-,18-,19+,20-,21+,23-,24+,25-,26+,27+,28+,29-,30+/m1/s1. The predicted molar refractivity (Wildman–Crippen MR) is 139 cm³/mol. The number of esters is 1. The Morgan fingerprint density at radius 2 is 1.79 bits per heavy atom. The monoisotopic (exact) mass is 550 g/mol. The van der Waals surface area contributed by atoms with E-state index in [2.05, 4.69) is 13.8 Å². The van der Waals surface area contributed by atoms with Gasteiger partial charge >= 0.3 is 5.97 Å². The molecule has 6 rings (SSSR count). The first-order valence-corrected chi connectivity index (χ1v) is 14.9. The van der Waals surface area contributed by atoms with Gasteiger partial charge in [0.05, 0.1) is 23.9 Å². The topological polar surface area (TPSA) is 135 Å². The van der Waals surface area contributed by atoms with E-state index in [0.717, 1.165) is 50.5 Å². The molecule has 4 aliphatic carbocycles. The average Bonchev–Trinajstić information content (AvgIpc) is 3.39. The van der Waals surface area contributed by atoms with Crippen LogP contribution >= 0.6 is 0 Å². The highest BCUT2D eigenvalue weighted by molar-refractivity contribution is 5.85. The number of ether oxygens (including phenoxy) is 4. The third-order valence-corrected chi connectivity index (χ3v) is 12.3. The van der Waals surface area contributed by atoms with Crippen molar-refractivity contribution in [2.75, 3.05) is 13.7 Å². The maximum Gasteiger partial charge on any atom is 0.331 e. The summed E-state index contributed by atoms with van der Waals surface area (Å²) in [6.07, 6.45) is 3.40. The highest BCUT2D eigenvalue weighted by Crippen LogP contribution is 2.70. The normalized spacial score (nSPS) is 55.3. The molecule has 0 spiro atoms. The van der Waals surface area contributed by atoms with E-state index in [4.69, 9.17) is 18.9 Å². The number of carbonyl (C=O) groups excluding carboxylic acids is 1. The smallest absolute Gasteiger partial charge is 0.331 e. The summed E-state index contributed by atoms with van der Waals surface area (Å²) in [5, 5.41) is 44.7. The quantitative estimate of drug-likeness (QED) is 0.307. The van der Waals surface area contributed by atoms with Crippen LogP contribution in [0.25, 0.3) is 0 Å². The molecular weight excluding hydrogens is 504 g/mol. The highest BCUT2D eigenvalue weighted by atomic mass is 16.7. The minimum absolute atomic E-state index is 0.0547. The summed E-state index contributed by atoms with van der Waals surface area (Å²) < 4.78 is 22.7. The molecular formula is C30H46O9. The first-order valence-electron chi connectivity index (χ1n) is 14.9. The minimum atomic E-state index is -1.06. The van der Waals surface area contributed by atoms with Crippen molar-refractivity contribution in [3.8, 4) is 0 Å². The Hall–Kier alpha value is -1.07. The summed E-state index contributed by atoms with van der Waals surface area (Å²) in [6, 6.07) is 0. The molecule has 2 aliphatic heterocycles. The Balaban J connectivity index is 1.17. The highest BCUT2D eigenvalue weighted by Gasteiger charge is 2.70. The minimum Gasteiger partial charge on any atom is -0.458 e. The van der Waals surface area contributed by atoms with E-state index >= 15 is 0 Å². The molecule has 39 heavy (non-hydrogen) atoms. The van der Waals surface area contributed by atoms with Crippen molar-refractivity contribution in [3.05, 3.63) is 11.6 Å². The molecule has 0 unspecified atom stereocenters. The van der Waals surface area contributed by atoms with Gasteiger partial charge in [0.15, 0.2) is 6.29 Å². The second-order valence-electron chi connectivity index (χ2n) is 13.9. The lowest BCUT2D eigenvalue weighted by molar-refractivity contribution is -0.313. The number of carbonyl (C=O) groups is 1. The SMILES string of the molecule is CO[C@H]1[C@@H](O)[C@@H](C)O[C@@H](O[C@@H]2CC[C@@]3(C)[C@H](CC[C@@H]4[C@@H]3CC[C@]3(C)[C@H](C5=CC(=O)OC5)[C@@H](O)C[C@]43O)C2)[C@@H]1O. The van der Waals surface area contributed by atoms with Crippen molar-refractivity contribution in [1.29, 1.82) is 0 Å². The number of aliphatic hydroxyl groups is 4. The van der Waals surface area contributed by atoms with Crippen molar-refractivity contribution < 1.29 is 44.2 Å². The van der Waals surface area contributed by atoms with Gasteiger partial charge in [0.25, 0.3) is 0 Å². The van der Waals surface area contributed by atoms with Crippen LogP contribution in [0.2, 0.25) is 0 Å². The van der Waals surface area contributed by atoms with Crippen LogP contribution in [-0.4, -0.2) is 88.6 Å². The fourth-order valence-corrected chi connectivity index (χ4v) is 10.2. The van der Waals surface area contributed by atoms with Gasteiger partial charge in [-0.1, -0.05) is 13.8 Å². The summed E-state index contributed by atoms with van der Waals surface area (Å²) in [7, 11) is 1.48. The van der Waals surface area contributed by atoms with E-state index in [1.165, 1.54) is 13.2 Å². The van der Waals surface area contributed by atoms with E-state index in [9.17, 15) is 25.2 Å². The molecule has 4 N–H and O–H groups in total. The number of rotatable bonds is 4. The molecule has 0 bridgehead atoms. The van der Waals surface area contributed by atoms with Crippen molar-refractivity contribution in [1.82, 2.24) is 0 Å². The van der Waals surface area contributed by atoms with E-state index in [-0.39, 0.29) is 35.9 Å². The lowest BCUT2D eigenvalue weighted by Crippen LogP contribution is -2.62. The summed E-state index contributed by atoms with van der Waals surface area (Å²) in [5.41, 5.74) is -0.601. The number of hydrogen-bond donors (Lipinski definition) is 4. The number of aliphatic hydroxyl groups excluding tert-OH is 3. The zero-order valence-corrected chi connectivity index (χ0v) is 23.6. The summed E-state index contributed by atoms with van der Waals surface area (Å²) in [4.78, 5) is 11.8. The lowest BCUT2D eigenvalue weighted by atomic mass is 9.43. The Kier molecular flexibility index (Phi) is 7.02. The van der Waals surface area contributed by atoms with Crippen LogP contribution in [0.1, 0.15) is 72.1 Å². The maximum atomic E-state index is 12.4. The Labute approximate surface area is 230 Å². The van der Waals surface area contributed by atoms with Gasteiger partial charge in [0.2, 0.25) is 0 Å². The molecule has 9 heteroatoms. The van der Waals surface area contributed by atoms with Crippen LogP contribution in [0.5, 0.6) is 0 Å². The zero-order chi connectivity index (χ0) is 27.9. The second-order valence-corrected chi connectivity index (χ2v) is 13.9. The van der Waals surface area contributed by atoms with Crippen molar-refractivity contribution in [2.45, 2.75) is 121 Å². The number of methoxy groups -OCH3 is 1. The Bertz CT molecular complexity index is 1000. The summed E-state index contributed by atoms with van der Waals surface area (Å²) in [6.45, 7) is 6.48. The van der Waals surface area contributed by atoms with Gasteiger partial charge in [-0.15, -0.1) is 0 Å². The number of fused-ring (bicyclic) bond motifs is 5. The second kappa shape index (κ2) is 9.75. The number of hydrogen-bond acceptors (Lipinski definition) is 9. The fourth-order valence-electron chi connectivity index (χ4n) is 10.2. The van der Waals surface area contributed by atoms with E-state index < -0.39 is 47.8 Å². The van der Waals surface area contributed by atoms with Crippen molar-refractivity contribution in [2.24, 2.45) is 34.5 Å². The van der Waals surface area contributed by atoms with E-state index in [1.807, 2.05) is 0 Å². The largest absolute Gasteiger partial charge is 0.458 e. The Morgan fingerprint density at radius 3 is 2.49 bits per heavy atom. The van der Waals surface area contributed by atoms with Crippen LogP contribution < -0.4 is 0 Å². The first-order chi connectivity index (χ1) is 18.4. The zero-order valence-electron chi connectivity index (χ0n) is 23.6. The van der Waals surface area contributed by atoms with E-state index in [1.54, 1.807) is 6.92 Å².